The Morgan fingerprint density at radius 1 is 1.35 bits per heavy atom. The highest BCUT2D eigenvalue weighted by atomic mass is 16.5. The van der Waals surface area contributed by atoms with E-state index < -0.39 is 0 Å². The minimum Gasteiger partial charge on any atom is -0.493 e. The van der Waals surface area contributed by atoms with Gasteiger partial charge in [0, 0.05) is 31.9 Å². The van der Waals surface area contributed by atoms with Crippen molar-refractivity contribution in [3.8, 4) is 5.75 Å². The number of benzene rings is 1. The second-order valence-corrected chi connectivity index (χ2v) is 4.82. The summed E-state index contributed by atoms with van der Waals surface area (Å²) in [5.41, 5.74) is 1.18. The van der Waals surface area contributed by atoms with Gasteiger partial charge < -0.3 is 15.0 Å². The number of hydrogen-bond acceptors (Lipinski definition) is 3. The van der Waals surface area contributed by atoms with Crippen LogP contribution in [0.1, 0.15) is 19.3 Å². The number of rotatable bonds is 7. The molecule has 3 heteroatoms. The molecule has 1 aliphatic carbocycles. The summed E-state index contributed by atoms with van der Waals surface area (Å²) in [6, 6.07) is 9.01. The van der Waals surface area contributed by atoms with E-state index >= 15 is 0 Å². The largest absolute Gasteiger partial charge is 0.493 e. The van der Waals surface area contributed by atoms with Crippen molar-refractivity contribution < 1.29 is 4.74 Å². The van der Waals surface area contributed by atoms with Gasteiger partial charge in [0.25, 0.3) is 0 Å². The zero-order valence-corrected chi connectivity index (χ0v) is 10.8. The van der Waals surface area contributed by atoms with Gasteiger partial charge in [-0.05, 0) is 37.9 Å². The van der Waals surface area contributed by atoms with Crippen LogP contribution < -0.4 is 15.0 Å². The number of nitrogens with zero attached hydrogens (tertiary/aromatic N) is 1. The normalized spacial score (nSPS) is 14.7. The van der Waals surface area contributed by atoms with Gasteiger partial charge in [0.05, 0.1) is 6.61 Å². The van der Waals surface area contributed by atoms with Gasteiger partial charge in [0.15, 0.2) is 0 Å². The summed E-state index contributed by atoms with van der Waals surface area (Å²) in [5, 5.41) is 3.48. The second kappa shape index (κ2) is 5.92. The van der Waals surface area contributed by atoms with Crippen LogP contribution in [0.15, 0.2) is 24.3 Å². The molecule has 1 aromatic rings. The molecule has 1 saturated carbocycles. The number of nitrogens with one attached hydrogen (secondary N) is 1. The van der Waals surface area contributed by atoms with Gasteiger partial charge in [-0.3, -0.25) is 0 Å². The average Bonchev–Trinajstić information content (AvgIpc) is 3.13. The zero-order chi connectivity index (χ0) is 12.1. The molecule has 0 atom stereocenters. The van der Waals surface area contributed by atoms with E-state index in [4.69, 9.17) is 4.74 Å². The Morgan fingerprint density at radius 2 is 2.18 bits per heavy atom. The van der Waals surface area contributed by atoms with E-state index in [9.17, 15) is 0 Å². The van der Waals surface area contributed by atoms with Crippen molar-refractivity contribution in [2.75, 3.05) is 32.1 Å². The molecule has 3 nitrogen and oxygen atoms in total. The maximum Gasteiger partial charge on any atom is 0.121 e. The predicted octanol–water partition coefficient (Wildman–Crippen LogP) is 2.27. The first kappa shape index (κ1) is 12.2. The SMILES string of the molecule is CN(C)c1cccc(OCCCNC2CC2)c1. The Bertz CT molecular complexity index is 348. The highest BCUT2D eigenvalue weighted by Gasteiger charge is 2.19. The van der Waals surface area contributed by atoms with Crippen LogP contribution in [-0.4, -0.2) is 33.3 Å². The van der Waals surface area contributed by atoms with E-state index in [-0.39, 0.29) is 0 Å². The third-order valence-corrected chi connectivity index (χ3v) is 2.93. The molecule has 1 N–H and O–H groups in total. The lowest BCUT2D eigenvalue weighted by Crippen LogP contribution is -2.19. The molecule has 0 aromatic heterocycles. The first-order chi connectivity index (χ1) is 8.25. The van der Waals surface area contributed by atoms with Crippen molar-refractivity contribution in [3.63, 3.8) is 0 Å². The van der Waals surface area contributed by atoms with Crippen LogP contribution >= 0.6 is 0 Å². The van der Waals surface area contributed by atoms with Crippen LogP contribution in [0.3, 0.4) is 0 Å². The Balaban J connectivity index is 1.68. The summed E-state index contributed by atoms with van der Waals surface area (Å²) in [5.74, 6) is 0.961. The summed E-state index contributed by atoms with van der Waals surface area (Å²) < 4.78 is 5.73. The molecular weight excluding hydrogens is 212 g/mol. The van der Waals surface area contributed by atoms with Gasteiger partial charge in [0.2, 0.25) is 0 Å². The van der Waals surface area contributed by atoms with Crippen LogP contribution in [0.5, 0.6) is 5.75 Å². The van der Waals surface area contributed by atoms with Gasteiger partial charge >= 0.3 is 0 Å². The van der Waals surface area contributed by atoms with Gasteiger partial charge in [-0.25, -0.2) is 0 Å². The Kier molecular flexibility index (Phi) is 4.26. The molecule has 0 unspecified atom stereocenters. The van der Waals surface area contributed by atoms with E-state index in [1.165, 1.54) is 18.5 Å². The van der Waals surface area contributed by atoms with Crippen LogP contribution in [0.4, 0.5) is 5.69 Å². The monoisotopic (exact) mass is 234 g/mol. The fourth-order valence-corrected chi connectivity index (χ4v) is 1.71. The summed E-state index contributed by atoms with van der Waals surface area (Å²) >= 11 is 0. The molecule has 94 valence electrons. The van der Waals surface area contributed by atoms with Crippen molar-refractivity contribution in [3.05, 3.63) is 24.3 Å². The summed E-state index contributed by atoms with van der Waals surface area (Å²) in [6.45, 7) is 1.86. The maximum atomic E-state index is 5.73. The van der Waals surface area contributed by atoms with Crippen LogP contribution in [0, 0.1) is 0 Å². The smallest absolute Gasteiger partial charge is 0.121 e. The maximum absolute atomic E-state index is 5.73. The van der Waals surface area contributed by atoms with E-state index in [1.807, 2.05) is 26.2 Å². The fraction of sp³-hybridized carbons (Fsp3) is 0.571. The van der Waals surface area contributed by atoms with Crippen molar-refractivity contribution in [2.24, 2.45) is 0 Å². The molecular formula is C14H22N2O. The van der Waals surface area contributed by atoms with Gasteiger partial charge in [-0.1, -0.05) is 6.07 Å². The number of anilines is 1. The Labute approximate surface area is 104 Å². The highest BCUT2D eigenvalue weighted by molar-refractivity contribution is 5.49. The lowest BCUT2D eigenvalue weighted by atomic mass is 10.3. The fourth-order valence-electron chi connectivity index (χ4n) is 1.71. The third-order valence-electron chi connectivity index (χ3n) is 2.93. The second-order valence-electron chi connectivity index (χ2n) is 4.82. The van der Waals surface area contributed by atoms with Gasteiger partial charge in [-0.2, -0.15) is 0 Å². The molecule has 2 rings (SSSR count). The van der Waals surface area contributed by atoms with Crippen molar-refractivity contribution >= 4 is 5.69 Å². The molecule has 0 amide bonds. The first-order valence-electron chi connectivity index (χ1n) is 6.39. The Morgan fingerprint density at radius 3 is 2.88 bits per heavy atom. The molecule has 0 aliphatic heterocycles. The molecule has 0 bridgehead atoms. The average molecular weight is 234 g/mol. The Hall–Kier alpha value is -1.22. The zero-order valence-electron chi connectivity index (χ0n) is 10.8. The first-order valence-corrected chi connectivity index (χ1v) is 6.39. The topological polar surface area (TPSA) is 24.5 Å². The lowest BCUT2D eigenvalue weighted by molar-refractivity contribution is 0.308. The number of ether oxygens (including phenoxy) is 1. The third kappa shape index (κ3) is 4.27. The minimum atomic E-state index is 0.788. The van der Waals surface area contributed by atoms with E-state index in [0.717, 1.165) is 31.4 Å². The summed E-state index contributed by atoms with van der Waals surface area (Å²) in [6.07, 6.45) is 3.78. The van der Waals surface area contributed by atoms with Crippen LogP contribution in [0.25, 0.3) is 0 Å². The predicted molar refractivity (Wildman–Crippen MR) is 71.9 cm³/mol. The van der Waals surface area contributed by atoms with Crippen LogP contribution in [0.2, 0.25) is 0 Å². The molecule has 0 radical (unpaired) electrons. The van der Waals surface area contributed by atoms with Gasteiger partial charge in [-0.15, -0.1) is 0 Å². The highest BCUT2D eigenvalue weighted by Crippen LogP contribution is 2.20. The standard InChI is InChI=1S/C14H22N2O/c1-16(2)13-5-3-6-14(11-13)17-10-4-9-15-12-7-8-12/h3,5-6,11-12,15H,4,7-10H2,1-2H3. The molecule has 0 saturated heterocycles. The molecule has 0 spiro atoms. The number of hydrogen-bond donors (Lipinski definition) is 1. The minimum absolute atomic E-state index is 0.788. The van der Waals surface area contributed by atoms with Gasteiger partial charge in [0.1, 0.15) is 5.75 Å². The molecule has 1 fully saturated rings. The molecule has 1 aliphatic rings. The summed E-state index contributed by atoms with van der Waals surface area (Å²) in [4.78, 5) is 2.08. The van der Waals surface area contributed by atoms with Crippen molar-refractivity contribution in [1.82, 2.24) is 5.32 Å². The molecule has 17 heavy (non-hydrogen) atoms. The van der Waals surface area contributed by atoms with Crippen LogP contribution in [-0.2, 0) is 0 Å². The summed E-state index contributed by atoms with van der Waals surface area (Å²) in [7, 11) is 4.08. The molecule has 0 heterocycles. The van der Waals surface area contributed by atoms with E-state index in [2.05, 4.69) is 22.3 Å². The van der Waals surface area contributed by atoms with E-state index in [1.54, 1.807) is 0 Å². The quantitative estimate of drug-likeness (QED) is 0.732. The lowest BCUT2D eigenvalue weighted by Gasteiger charge is -2.14. The van der Waals surface area contributed by atoms with E-state index in [0.29, 0.717) is 0 Å². The van der Waals surface area contributed by atoms with Crippen molar-refractivity contribution in [2.45, 2.75) is 25.3 Å². The molecule has 1 aromatic carbocycles. The van der Waals surface area contributed by atoms with Crippen molar-refractivity contribution in [1.29, 1.82) is 0 Å².